The van der Waals surface area contributed by atoms with Gasteiger partial charge in [-0.3, -0.25) is 4.90 Å². The zero-order chi connectivity index (χ0) is 21.6. The molecule has 0 saturated carbocycles. The number of hydrogen-bond donors (Lipinski definition) is 2. The van der Waals surface area contributed by atoms with E-state index in [1.165, 1.54) is 0 Å². The third-order valence-corrected chi connectivity index (χ3v) is 6.43. The van der Waals surface area contributed by atoms with Gasteiger partial charge in [-0.25, -0.2) is 0 Å². The van der Waals surface area contributed by atoms with Crippen molar-refractivity contribution in [2.24, 2.45) is 17.1 Å². The van der Waals surface area contributed by atoms with E-state index in [-0.39, 0.29) is 24.1 Å². The third-order valence-electron chi connectivity index (χ3n) is 5.35. The largest absolute Gasteiger partial charge is 0.399 e. The lowest BCUT2D eigenvalue weighted by molar-refractivity contribution is 0.209. The summed E-state index contributed by atoms with van der Waals surface area (Å²) in [5.41, 5.74) is 6.09. The first-order valence-corrected chi connectivity index (χ1v) is 10.6. The number of nitriles is 3. The van der Waals surface area contributed by atoms with Crippen LogP contribution in [0.2, 0.25) is 0 Å². The van der Waals surface area contributed by atoms with Crippen molar-refractivity contribution in [1.29, 1.82) is 15.8 Å². The summed E-state index contributed by atoms with van der Waals surface area (Å²) in [7, 11) is 0. The molecule has 152 valence electrons. The normalized spacial score (nSPS) is 22.9. The number of nitrogens with two attached hydrogens (primary N) is 1. The van der Waals surface area contributed by atoms with Gasteiger partial charge in [-0.1, -0.05) is 13.0 Å². The monoisotopic (exact) mass is 409 g/mol. The van der Waals surface area contributed by atoms with Crippen molar-refractivity contribution in [2.75, 3.05) is 26.2 Å². The van der Waals surface area contributed by atoms with Gasteiger partial charge in [0.05, 0.1) is 23.4 Å². The average Bonchev–Trinajstić information content (AvgIpc) is 3.14. The van der Waals surface area contributed by atoms with Gasteiger partial charge in [0.25, 0.3) is 0 Å². The molecule has 3 N–H and O–H groups in total. The Kier molecular flexibility index (Phi) is 7.59. The molecule has 7 heteroatoms. The molecular weight excluding hydrogens is 382 g/mol. The van der Waals surface area contributed by atoms with Crippen LogP contribution in [0.4, 0.5) is 0 Å². The predicted molar refractivity (Wildman–Crippen MR) is 113 cm³/mol. The third kappa shape index (κ3) is 4.07. The van der Waals surface area contributed by atoms with Crippen LogP contribution in [-0.2, 0) is 0 Å². The SMILES string of the molecule is CCCN1CC=C2C(C#N)=C(N)C(C#N)(C#N)C(c3ccc(C)s3)C2C1.CCO. The van der Waals surface area contributed by atoms with Crippen LogP contribution in [0.15, 0.2) is 35.1 Å². The number of rotatable bonds is 3. The van der Waals surface area contributed by atoms with E-state index < -0.39 is 5.41 Å². The van der Waals surface area contributed by atoms with Gasteiger partial charge in [-0.05, 0) is 44.5 Å². The van der Waals surface area contributed by atoms with Gasteiger partial charge in [0, 0.05) is 41.3 Å². The highest BCUT2D eigenvalue weighted by molar-refractivity contribution is 7.12. The molecule has 2 atom stereocenters. The van der Waals surface area contributed by atoms with E-state index in [2.05, 4.69) is 36.1 Å². The molecule has 1 aliphatic heterocycles. The highest BCUT2D eigenvalue weighted by Crippen LogP contribution is 2.55. The molecular formula is C22H27N5OS. The van der Waals surface area contributed by atoms with Gasteiger partial charge < -0.3 is 10.8 Å². The summed E-state index contributed by atoms with van der Waals surface area (Å²) < 4.78 is 0. The highest BCUT2D eigenvalue weighted by atomic mass is 32.1. The summed E-state index contributed by atoms with van der Waals surface area (Å²) in [5.74, 6) is -0.450. The highest BCUT2D eigenvalue weighted by Gasteiger charge is 2.54. The van der Waals surface area contributed by atoms with Crippen molar-refractivity contribution in [2.45, 2.75) is 33.1 Å². The zero-order valence-corrected chi connectivity index (χ0v) is 18.0. The lowest BCUT2D eigenvalue weighted by Crippen LogP contribution is -2.47. The average molecular weight is 410 g/mol. The molecule has 0 fully saturated rings. The molecule has 1 aliphatic carbocycles. The Morgan fingerprint density at radius 3 is 2.41 bits per heavy atom. The molecule has 2 unspecified atom stereocenters. The number of nitrogens with zero attached hydrogens (tertiary/aromatic N) is 4. The maximum Gasteiger partial charge on any atom is 0.192 e. The molecule has 0 bridgehead atoms. The number of fused-ring (bicyclic) bond motifs is 1. The Bertz CT molecular complexity index is 910. The Labute approximate surface area is 176 Å². The quantitative estimate of drug-likeness (QED) is 0.791. The number of allylic oxidation sites excluding steroid dienone is 2. The minimum atomic E-state index is -1.51. The second-order valence-electron chi connectivity index (χ2n) is 7.20. The second-order valence-corrected chi connectivity index (χ2v) is 8.52. The van der Waals surface area contributed by atoms with Crippen LogP contribution in [0, 0.1) is 52.2 Å². The number of hydrogen-bond acceptors (Lipinski definition) is 7. The first-order valence-electron chi connectivity index (χ1n) is 9.76. The van der Waals surface area contributed by atoms with Gasteiger partial charge in [-0.2, -0.15) is 15.8 Å². The standard InChI is InChI=1S/C20H21N5S.C2H6O/c1-3-7-25-8-6-14-15(9-21)19(24)20(11-22,12-23)18(16(14)10-25)17-5-4-13(2)26-17;1-2-3/h4-6,16,18H,3,7-8,10,24H2,1-2H3;3H,2H2,1H3. The van der Waals surface area contributed by atoms with Crippen LogP contribution >= 0.6 is 11.3 Å². The van der Waals surface area contributed by atoms with Gasteiger partial charge in [0.2, 0.25) is 0 Å². The van der Waals surface area contributed by atoms with E-state index in [0.29, 0.717) is 5.57 Å². The van der Waals surface area contributed by atoms with Crippen LogP contribution in [0.5, 0.6) is 0 Å². The van der Waals surface area contributed by atoms with E-state index in [1.807, 2.05) is 19.1 Å². The van der Waals surface area contributed by atoms with E-state index >= 15 is 0 Å². The summed E-state index contributed by atoms with van der Waals surface area (Å²) in [6, 6.07) is 10.5. The predicted octanol–water partition coefficient (Wildman–Crippen LogP) is 3.19. The second kappa shape index (κ2) is 9.72. The van der Waals surface area contributed by atoms with Crippen LogP contribution in [0.25, 0.3) is 0 Å². The number of aliphatic hydroxyl groups excluding tert-OH is 1. The molecule has 1 aromatic heterocycles. The molecule has 1 aromatic rings. The fourth-order valence-electron chi connectivity index (χ4n) is 4.16. The summed E-state index contributed by atoms with van der Waals surface area (Å²) in [4.78, 5) is 4.43. The molecule has 29 heavy (non-hydrogen) atoms. The molecule has 0 amide bonds. The Hall–Kier alpha value is -2.63. The summed E-state index contributed by atoms with van der Waals surface area (Å²) in [6.45, 7) is 8.51. The smallest absolute Gasteiger partial charge is 0.192 e. The maximum absolute atomic E-state index is 10.00. The van der Waals surface area contributed by atoms with Crippen molar-refractivity contribution in [3.05, 3.63) is 44.8 Å². The van der Waals surface area contributed by atoms with Gasteiger partial charge in [0.15, 0.2) is 5.41 Å². The van der Waals surface area contributed by atoms with Gasteiger partial charge in [-0.15, -0.1) is 11.3 Å². The maximum atomic E-state index is 10.00. The first kappa shape index (κ1) is 22.7. The molecule has 0 radical (unpaired) electrons. The van der Waals surface area contributed by atoms with Crippen molar-refractivity contribution < 1.29 is 5.11 Å². The minimum Gasteiger partial charge on any atom is -0.399 e. The molecule has 6 nitrogen and oxygen atoms in total. The Morgan fingerprint density at radius 1 is 1.28 bits per heavy atom. The Morgan fingerprint density at radius 2 is 1.93 bits per heavy atom. The summed E-state index contributed by atoms with van der Waals surface area (Å²) in [6.07, 6.45) is 3.09. The van der Waals surface area contributed by atoms with Crippen LogP contribution in [0.3, 0.4) is 0 Å². The van der Waals surface area contributed by atoms with Crippen molar-refractivity contribution >= 4 is 11.3 Å². The van der Waals surface area contributed by atoms with Gasteiger partial charge >= 0.3 is 0 Å². The Balaban J connectivity index is 0.000000941. The molecule has 0 spiro atoms. The zero-order valence-electron chi connectivity index (χ0n) is 17.1. The lowest BCUT2D eigenvalue weighted by Gasteiger charge is -2.45. The summed E-state index contributed by atoms with van der Waals surface area (Å²) in [5, 5.41) is 37.3. The van der Waals surface area contributed by atoms with E-state index in [1.54, 1.807) is 18.3 Å². The fraction of sp³-hybridized carbons (Fsp3) is 0.500. The summed E-state index contributed by atoms with van der Waals surface area (Å²) >= 11 is 1.60. The lowest BCUT2D eigenvalue weighted by atomic mass is 9.59. The first-order chi connectivity index (χ1) is 13.9. The fourth-order valence-corrected chi connectivity index (χ4v) is 5.28. The van der Waals surface area contributed by atoms with Gasteiger partial charge in [0.1, 0.15) is 6.07 Å². The van der Waals surface area contributed by atoms with Crippen LogP contribution in [-0.4, -0.2) is 36.2 Å². The van der Waals surface area contributed by atoms with E-state index in [0.717, 1.165) is 41.4 Å². The van der Waals surface area contributed by atoms with E-state index in [4.69, 9.17) is 10.8 Å². The number of thiophene rings is 1. The molecule has 3 rings (SSSR count). The van der Waals surface area contributed by atoms with Crippen molar-refractivity contribution in [1.82, 2.24) is 4.90 Å². The molecule has 2 heterocycles. The van der Waals surface area contributed by atoms with Crippen LogP contribution < -0.4 is 5.73 Å². The minimum absolute atomic E-state index is 0.0883. The molecule has 0 saturated heterocycles. The molecule has 0 aromatic carbocycles. The molecule has 2 aliphatic rings. The van der Waals surface area contributed by atoms with Crippen molar-refractivity contribution in [3.8, 4) is 18.2 Å². The van der Waals surface area contributed by atoms with E-state index in [9.17, 15) is 15.8 Å². The number of aryl methyl sites for hydroxylation is 1. The van der Waals surface area contributed by atoms with Crippen LogP contribution in [0.1, 0.15) is 35.9 Å². The topological polar surface area (TPSA) is 121 Å². The van der Waals surface area contributed by atoms with Crippen molar-refractivity contribution in [3.63, 3.8) is 0 Å². The number of aliphatic hydroxyl groups is 1.